The van der Waals surface area contributed by atoms with Gasteiger partial charge in [0.2, 0.25) is 0 Å². The average molecular weight is 249 g/mol. The Morgan fingerprint density at radius 2 is 2.42 bits per heavy atom. The number of nitrogens with zero attached hydrogens (tertiary/aromatic N) is 1. The van der Waals surface area contributed by atoms with Gasteiger partial charge in [0.25, 0.3) is 0 Å². The molecule has 68 valence electrons. The molecule has 0 aliphatic rings. The third kappa shape index (κ3) is 3.23. The van der Waals surface area contributed by atoms with Crippen LogP contribution in [-0.4, -0.2) is 25.7 Å². The first-order valence-electron chi connectivity index (χ1n) is 3.78. The van der Waals surface area contributed by atoms with Crippen molar-refractivity contribution in [1.82, 2.24) is 10.2 Å². The lowest BCUT2D eigenvalue weighted by atomic mass is 10.4. The molecule has 0 spiro atoms. The molecule has 0 radical (unpaired) electrons. The summed E-state index contributed by atoms with van der Waals surface area (Å²) >= 11 is 5.22. The third-order valence-corrected chi connectivity index (χ3v) is 3.16. The summed E-state index contributed by atoms with van der Waals surface area (Å²) in [5, 5.41) is 5.23. The zero-order valence-electron chi connectivity index (χ0n) is 7.30. The molecule has 0 saturated heterocycles. The van der Waals surface area contributed by atoms with Crippen LogP contribution in [0, 0.1) is 0 Å². The van der Waals surface area contributed by atoms with E-state index in [9.17, 15) is 0 Å². The maximum atomic E-state index is 3.44. The normalized spacial score (nSPS) is 11.0. The molecule has 0 fully saturated rings. The van der Waals surface area contributed by atoms with E-state index in [1.807, 2.05) is 7.05 Å². The molecule has 0 aliphatic carbocycles. The van der Waals surface area contributed by atoms with Crippen molar-refractivity contribution in [2.45, 2.75) is 6.54 Å². The second-order valence-electron chi connectivity index (χ2n) is 2.76. The van der Waals surface area contributed by atoms with E-state index in [-0.39, 0.29) is 0 Å². The van der Waals surface area contributed by atoms with E-state index in [1.165, 1.54) is 9.35 Å². The number of halogens is 1. The van der Waals surface area contributed by atoms with Crippen LogP contribution in [0.3, 0.4) is 0 Å². The fourth-order valence-corrected chi connectivity index (χ4v) is 2.56. The molecular weight excluding hydrogens is 236 g/mol. The highest BCUT2D eigenvalue weighted by atomic mass is 79.9. The van der Waals surface area contributed by atoms with Gasteiger partial charge in [0, 0.05) is 27.9 Å². The summed E-state index contributed by atoms with van der Waals surface area (Å²) in [7, 11) is 4.06. The minimum atomic E-state index is 0.926. The molecule has 1 rings (SSSR count). The van der Waals surface area contributed by atoms with Gasteiger partial charge in [-0.15, -0.1) is 11.3 Å². The minimum Gasteiger partial charge on any atom is -0.307 e. The lowest BCUT2D eigenvalue weighted by Crippen LogP contribution is -2.27. The molecule has 0 unspecified atom stereocenters. The van der Waals surface area contributed by atoms with Gasteiger partial charge in [-0.2, -0.15) is 0 Å². The smallest absolute Gasteiger partial charge is 0.0478 e. The Kier molecular flexibility index (Phi) is 4.21. The Bertz CT molecular complexity index is 237. The maximum absolute atomic E-state index is 3.44. The molecule has 1 aromatic heterocycles. The van der Waals surface area contributed by atoms with Crippen molar-refractivity contribution in [3.63, 3.8) is 0 Å². The summed E-state index contributed by atoms with van der Waals surface area (Å²) in [4.78, 5) is 3.62. The Balaban J connectivity index is 2.41. The Morgan fingerprint density at radius 3 is 2.92 bits per heavy atom. The molecule has 0 atom stereocenters. The highest BCUT2D eigenvalue weighted by molar-refractivity contribution is 9.10. The monoisotopic (exact) mass is 248 g/mol. The van der Waals surface area contributed by atoms with E-state index in [4.69, 9.17) is 0 Å². The van der Waals surface area contributed by atoms with Crippen LogP contribution in [0.4, 0.5) is 0 Å². The average Bonchev–Trinajstić information content (AvgIpc) is 2.36. The van der Waals surface area contributed by atoms with E-state index in [0.29, 0.717) is 0 Å². The van der Waals surface area contributed by atoms with Crippen molar-refractivity contribution in [2.75, 3.05) is 20.8 Å². The van der Waals surface area contributed by atoms with Crippen molar-refractivity contribution >= 4 is 27.3 Å². The van der Waals surface area contributed by atoms with E-state index >= 15 is 0 Å². The zero-order chi connectivity index (χ0) is 8.97. The lowest BCUT2D eigenvalue weighted by Gasteiger charge is -2.13. The topological polar surface area (TPSA) is 15.3 Å². The molecule has 0 bridgehead atoms. The molecule has 2 nitrogen and oxygen atoms in total. The molecule has 12 heavy (non-hydrogen) atoms. The summed E-state index contributed by atoms with van der Waals surface area (Å²) in [5.41, 5.74) is 0. The summed E-state index contributed by atoms with van der Waals surface area (Å²) in [6.45, 7) is 1.94. The summed E-state index contributed by atoms with van der Waals surface area (Å²) in [6.07, 6.45) is 0. The van der Waals surface area contributed by atoms with Gasteiger partial charge >= 0.3 is 0 Å². The maximum Gasteiger partial charge on any atom is 0.0478 e. The van der Waals surface area contributed by atoms with Gasteiger partial charge in [-0.3, -0.25) is 4.90 Å². The number of hydrogen-bond donors (Lipinski definition) is 1. The second-order valence-corrected chi connectivity index (χ2v) is 4.67. The Morgan fingerprint density at radius 1 is 1.67 bits per heavy atom. The molecular formula is C8H13BrN2S. The largest absolute Gasteiger partial charge is 0.307 e. The first-order chi connectivity index (χ1) is 5.72. The van der Waals surface area contributed by atoms with Gasteiger partial charge in [-0.25, -0.2) is 0 Å². The molecule has 1 aromatic rings. The van der Waals surface area contributed by atoms with Crippen LogP contribution in [0.15, 0.2) is 15.9 Å². The van der Waals surface area contributed by atoms with Crippen LogP contribution < -0.4 is 5.32 Å². The summed E-state index contributed by atoms with van der Waals surface area (Å²) in [5.74, 6) is 0. The molecule has 0 aromatic carbocycles. The Hall–Kier alpha value is 0.1000. The van der Waals surface area contributed by atoms with Crippen molar-refractivity contribution < 1.29 is 0 Å². The predicted octanol–water partition coefficient (Wildman–Crippen LogP) is 2.12. The van der Waals surface area contributed by atoms with E-state index < -0.39 is 0 Å². The molecule has 0 aliphatic heterocycles. The minimum absolute atomic E-state index is 0.926. The summed E-state index contributed by atoms with van der Waals surface area (Å²) < 4.78 is 1.18. The van der Waals surface area contributed by atoms with Gasteiger partial charge in [0.15, 0.2) is 0 Å². The SMILES string of the molecule is CNCN(C)Cc1cc(Br)cs1. The van der Waals surface area contributed by atoms with Crippen molar-refractivity contribution in [3.8, 4) is 0 Å². The standard InChI is InChI=1S/C8H13BrN2S/c1-10-6-11(2)4-8-3-7(9)5-12-8/h3,5,10H,4,6H2,1-2H3. The van der Waals surface area contributed by atoms with E-state index in [0.717, 1.165) is 13.2 Å². The van der Waals surface area contributed by atoms with E-state index in [1.54, 1.807) is 11.3 Å². The van der Waals surface area contributed by atoms with Crippen LogP contribution in [-0.2, 0) is 6.54 Å². The first kappa shape index (κ1) is 10.2. The van der Waals surface area contributed by atoms with Crippen LogP contribution in [0.5, 0.6) is 0 Å². The zero-order valence-corrected chi connectivity index (χ0v) is 9.70. The number of rotatable bonds is 4. The predicted molar refractivity (Wildman–Crippen MR) is 57.4 cm³/mol. The van der Waals surface area contributed by atoms with Crippen LogP contribution in [0.25, 0.3) is 0 Å². The van der Waals surface area contributed by atoms with Gasteiger partial charge in [0.1, 0.15) is 0 Å². The number of thiophene rings is 1. The molecule has 0 amide bonds. The van der Waals surface area contributed by atoms with Gasteiger partial charge in [-0.05, 0) is 36.1 Å². The number of nitrogens with one attached hydrogen (secondary N) is 1. The molecule has 1 heterocycles. The van der Waals surface area contributed by atoms with Crippen LogP contribution in [0.1, 0.15) is 4.88 Å². The van der Waals surface area contributed by atoms with Crippen molar-refractivity contribution in [1.29, 1.82) is 0 Å². The van der Waals surface area contributed by atoms with Crippen molar-refractivity contribution in [2.24, 2.45) is 0 Å². The van der Waals surface area contributed by atoms with Crippen LogP contribution >= 0.6 is 27.3 Å². The Labute approximate surface area is 85.7 Å². The van der Waals surface area contributed by atoms with E-state index in [2.05, 4.69) is 44.6 Å². The quantitative estimate of drug-likeness (QED) is 0.822. The second kappa shape index (κ2) is 4.97. The van der Waals surface area contributed by atoms with Crippen LogP contribution in [0.2, 0.25) is 0 Å². The lowest BCUT2D eigenvalue weighted by molar-refractivity contribution is 0.312. The fraction of sp³-hybridized carbons (Fsp3) is 0.500. The van der Waals surface area contributed by atoms with Gasteiger partial charge < -0.3 is 5.32 Å². The van der Waals surface area contributed by atoms with Gasteiger partial charge in [0.05, 0.1) is 0 Å². The number of hydrogen-bond acceptors (Lipinski definition) is 3. The third-order valence-electron chi connectivity index (χ3n) is 1.48. The molecule has 0 saturated carbocycles. The molecule has 4 heteroatoms. The van der Waals surface area contributed by atoms with Gasteiger partial charge in [-0.1, -0.05) is 0 Å². The molecule has 1 N–H and O–H groups in total. The summed E-state index contributed by atoms with van der Waals surface area (Å²) in [6, 6.07) is 2.16. The first-order valence-corrected chi connectivity index (χ1v) is 5.45. The fourth-order valence-electron chi connectivity index (χ4n) is 1.03. The highest BCUT2D eigenvalue weighted by Gasteiger charge is 2.00. The van der Waals surface area contributed by atoms with Crippen molar-refractivity contribution in [3.05, 3.63) is 20.8 Å². The highest BCUT2D eigenvalue weighted by Crippen LogP contribution is 2.20.